The van der Waals surface area contributed by atoms with Crippen LogP contribution in [0, 0.1) is 6.92 Å². The Kier molecular flexibility index (Phi) is 7.89. The van der Waals surface area contributed by atoms with Crippen LogP contribution in [0.15, 0.2) is 75.8 Å². The molecule has 0 aliphatic heterocycles. The largest absolute Gasteiger partial charge is 0.505 e. The lowest BCUT2D eigenvalue weighted by atomic mass is 10.0. The number of phenols is 1. The van der Waals surface area contributed by atoms with Gasteiger partial charge < -0.3 is 15.2 Å². The third kappa shape index (κ3) is 5.73. The molecule has 3 N–H and O–H groups in total. The van der Waals surface area contributed by atoms with Gasteiger partial charge in [-0.2, -0.15) is 13.5 Å². The second kappa shape index (κ2) is 11.0. The summed E-state index contributed by atoms with van der Waals surface area (Å²) in [4.78, 5) is 12.8. The second-order valence-corrected chi connectivity index (χ2v) is 10.3. The Bertz CT molecular complexity index is 1710. The molecule has 4 aromatic carbocycles. The lowest BCUT2D eigenvalue weighted by Crippen LogP contribution is -2.12. The molecule has 0 saturated carbocycles. The topological polar surface area (TPSA) is 138 Å². The number of nitrogens with one attached hydrogen (secondary N) is 1. The highest BCUT2D eigenvalue weighted by molar-refractivity contribution is 7.85. The van der Waals surface area contributed by atoms with E-state index in [4.69, 9.17) is 27.9 Å². The molecule has 0 atom stereocenters. The van der Waals surface area contributed by atoms with Crippen molar-refractivity contribution >= 4 is 67.1 Å². The molecule has 0 unspecified atom stereocenters. The van der Waals surface area contributed by atoms with Crippen LogP contribution < -0.4 is 10.1 Å². The SMILES string of the molecule is CCOc1ccc(NC(=O)c2cc3ccccc3c(N=Nc3cc(Cl)cc(S(=O)(=O)O)c3C)c2O)c(Cl)c1. The summed E-state index contributed by atoms with van der Waals surface area (Å²) in [5.41, 5.74) is 0.333. The van der Waals surface area contributed by atoms with Crippen molar-refractivity contribution in [3.05, 3.63) is 81.8 Å². The van der Waals surface area contributed by atoms with Gasteiger partial charge in [-0.15, -0.1) is 5.11 Å². The van der Waals surface area contributed by atoms with Gasteiger partial charge in [0.1, 0.15) is 16.3 Å². The molecule has 0 bridgehead atoms. The minimum Gasteiger partial charge on any atom is -0.505 e. The van der Waals surface area contributed by atoms with E-state index in [1.165, 1.54) is 19.1 Å². The van der Waals surface area contributed by atoms with Gasteiger partial charge in [0.2, 0.25) is 0 Å². The molecule has 38 heavy (non-hydrogen) atoms. The maximum Gasteiger partial charge on any atom is 0.294 e. The lowest BCUT2D eigenvalue weighted by Gasteiger charge is -2.13. The van der Waals surface area contributed by atoms with Crippen molar-refractivity contribution in [2.75, 3.05) is 11.9 Å². The summed E-state index contributed by atoms with van der Waals surface area (Å²) in [6.07, 6.45) is 0. The first-order valence-electron chi connectivity index (χ1n) is 11.2. The van der Waals surface area contributed by atoms with E-state index in [2.05, 4.69) is 15.5 Å². The van der Waals surface area contributed by atoms with E-state index in [0.29, 0.717) is 28.8 Å². The first-order chi connectivity index (χ1) is 18.0. The van der Waals surface area contributed by atoms with Crippen LogP contribution in [-0.2, 0) is 10.1 Å². The molecule has 196 valence electrons. The van der Waals surface area contributed by atoms with Crippen LogP contribution in [0.2, 0.25) is 10.0 Å². The molecule has 0 heterocycles. The molecule has 12 heteroatoms. The quantitative estimate of drug-likeness (QED) is 0.155. The van der Waals surface area contributed by atoms with Gasteiger partial charge in [0.25, 0.3) is 16.0 Å². The normalized spacial score (nSPS) is 11.7. The molecular formula is C26H21Cl2N3O6S. The highest BCUT2D eigenvalue weighted by Gasteiger charge is 2.21. The summed E-state index contributed by atoms with van der Waals surface area (Å²) in [5, 5.41) is 23.3. The van der Waals surface area contributed by atoms with Gasteiger partial charge in [0.05, 0.1) is 28.6 Å². The second-order valence-electron chi connectivity index (χ2n) is 8.09. The van der Waals surface area contributed by atoms with E-state index in [9.17, 15) is 22.9 Å². The molecule has 4 aromatic rings. The van der Waals surface area contributed by atoms with E-state index in [1.807, 2.05) is 6.92 Å². The van der Waals surface area contributed by atoms with Crippen molar-refractivity contribution in [1.82, 2.24) is 0 Å². The van der Waals surface area contributed by atoms with Crippen molar-refractivity contribution in [2.45, 2.75) is 18.7 Å². The number of benzene rings is 4. The maximum absolute atomic E-state index is 13.2. The Hall–Kier alpha value is -3.70. The molecule has 1 amide bonds. The number of amides is 1. The Morgan fingerprint density at radius 3 is 2.47 bits per heavy atom. The van der Waals surface area contributed by atoms with Gasteiger partial charge in [-0.05, 0) is 55.1 Å². The van der Waals surface area contributed by atoms with Gasteiger partial charge in [-0.3, -0.25) is 9.35 Å². The Balaban J connectivity index is 1.78. The minimum atomic E-state index is -4.57. The average Bonchev–Trinajstić information content (AvgIpc) is 2.86. The van der Waals surface area contributed by atoms with Crippen LogP contribution in [0.3, 0.4) is 0 Å². The van der Waals surface area contributed by atoms with Crippen molar-refractivity contribution in [1.29, 1.82) is 0 Å². The summed E-state index contributed by atoms with van der Waals surface area (Å²) >= 11 is 12.3. The monoisotopic (exact) mass is 573 g/mol. The Morgan fingerprint density at radius 1 is 1.05 bits per heavy atom. The number of azo groups is 1. The molecule has 0 aromatic heterocycles. The fraction of sp³-hybridized carbons (Fsp3) is 0.115. The number of carbonyl (C=O) groups is 1. The molecule has 0 aliphatic rings. The van der Waals surface area contributed by atoms with Crippen molar-refractivity contribution in [3.8, 4) is 11.5 Å². The minimum absolute atomic E-state index is 0.00613. The summed E-state index contributed by atoms with van der Waals surface area (Å²) in [7, 11) is -4.57. The molecule has 0 fully saturated rings. The number of nitrogens with zero attached hydrogens (tertiary/aromatic N) is 2. The first kappa shape index (κ1) is 27.3. The molecule has 4 rings (SSSR count). The van der Waals surface area contributed by atoms with Crippen LogP contribution in [0.1, 0.15) is 22.8 Å². The number of anilines is 1. The molecule has 0 spiro atoms. The average molecular weight is 574 g/mol. The zero-order valence-corrected chi connectivity index (χ0v) is 22.4. The number of rotatable bonds is 7. The summed E-state index contributed by atoms with van der Waals surface area (Å²) < 4.78 is 38.4. The molecule has 0 radical (unpaired) electrons. The predicted octanol–water partition coefficient (Wildman–Crippen LogP) is 7.47. The van der Waals surface area contributed by atoms with E-state index in [0.717, 1.165) is 6.07 Å². The third-order valence-electron chi connectivity index (χ3n) is 5.57. The van der Waals surface area contributed by atoms with Crippen LogP contribution in [-0.4, -0.2) is 30.6 Å². The number of ether oxygens (including phenoxy) is 1. The number of carbonyl (C=O) groups excluding carboxylic acids is 1. The highest BCUT2D eigenvalue weighted by Crippen LogP contribution is 2.41. The standard InChI is InChI=1S/C26H21Cl2N3O6S/c1-3-37-17-8-9-21(20(28)13-17)29-26(33)19-10-15-6-4-5-7-18(15)24(25(19)32)31-30-22-11-16(27)12-23(14(22)2)38(34,35)36/h4-13,32H,3H2,1-2H3,(H,29,33)(H,34,35,36). The molecule has 9 nitrogen and oxygen atoms in total. The molecule has 0 saturated heterocycles. The van der Waals surface area contributed by atoms with Crippen LogP contribution >= 0.6 is 23.2 Å². The predicted molar refractivity (Wildman–Crippen MR) is 146 cm³/mol. The van der Waals surface area contributed by atoms with E-state index in [1.54, 1.807) is 42.5 Å². The van der Waals surface area contributed by atoms with Gasteiger partial charge >= 0.3 is 0 Å². The number of halogens is 2. The molecule has 0 aliphatic carbocycles. The van der Waals surface area contributed by atoms with Crippen LogP contribution in [0.25, 0.3) is 10.8 Å². The smallest absolute Gasteiger partial charge is 0.294 e. The fourth-order valence-electron chi connectivity index (χ4n) is 3.75. The van der Waals surface area contributed by atoms with E-state index < -0.39 is 26.7 Å². The number of phenolic OH excluding ortho intramolecular Hbond substituents is 1. The maximum atomic E-state index is 13.2. The first-order valence-corrected chi connectivity index (χ1v) is 13.4. The summed E-state index contributed by atoms with van der Waals surface area (Å²) in [6.45, 7) is 3.72. The zero-order chi connectivity index (χ0) is 27.6. The molecular weight excluding hydrogens is 553 g/mol. The third-order valence-corrected chi connectivity index (χ3v) is 7.08. The Labute approximate surface area is 228 Å². The summed E-state index contributed by atoms with van der Waals surface area (Å²) in [6, 6.07) is 15.6. The van der Waals surface area contributed by atoms with Gasteiger partial charge in [-0.1, -0.05) is 47.5 Å². The van der Waals surface area contributed by atoms with Gasteiger partial charge in [0.15, 0.2) is 5.75 Å². The van der Waals surface area contributed by atoms with Gasteiger partial charge in [-0.25, -0.2) is 0 Å². The number of hydrogen-bond donors (Lipinski definition) is 3. The fourth-order valence-corrected chi connectivity index (χ4v) is 5.01. The van der Waals surface area contributed by atoms with Crippen molar-refractivity contribution < 1.29 is 27.6 Å². The van der Waals surface area contributed by atoms with Crippen molar-refractivity contribution in [3.63, 3.8) is 0 Å². The zero-order valence-electron chi connectivity index (χ0n) is 20.1. The number of aromatic hydroxyl groups is 1. The van der Waals surface area contributed by atoms with Crippen molar-refractivity contribution in [2.24, 2.45) is 10.2 Å². The highest BCUT2D eigenvalue weighted by atomic mass is 35.5. The lowest BCUT2D eigenvalue weighted by molar-refractivity contribution is 0.102. The van der Waals surface area contributed by atoms with Gasteiger partial charge in [0, 0.05) is 16.5 Å². The van der Waals surface area contributed by atoms with E-state index >= 15 is 0 Å². The van der Waals surface area contributed by atoms with Crippen LogP contribution in [0.5, 0.6) is 11.5 Å². The van der Waals surface area contributed by atoms with E-state index in [-0.39, 0.29) is 32.5 Å². The number of hydrogen-bond acceptors (Lipinski definition) is 7. The number of fused-ring (bicyclic) bond motifs is 1. The Morgan fingerprint density at radius 2 is 1.79 bits per heavy atom. The van der Waals surface area contributed by atoms with Crippen LogP contribution in [0.4, 0.5) is 17.1 Å². The summed E-state index contributed by atoms with van der Waals surface area (Å²) in [5.74, 6) is -0.565.